The van der Waals surface area contributed by atoms with Gasteiger partial charge in [-0.25, -0.2) is 4.79 Å². The molecule has 0 amide bonds. The molecule has 0 aromatic carbocycles. The SMILES string of the molecule is C=CC(=O)OC(CCC)OC(CC1CO1)C(O)CO. The third-order valence-corrected chi connectivity index (χ3v) is 2.78. The largest absolute Gasteiger partial charge is 0.433 e. The lowest BCUT2D eigenvalue weighted by Crippen LogP contribution is -2.38. The molecule has 0 saturated carbocycles. The van der Waals surface area contributed by atoms with E-state index in [2.05, 4.69) is 6.58 Å². The molecule has 0 bridgehead atoms. The van der Waals surface area contributed by atoms with E-state index < -0.39 is 31.1 Å². The number of epoxide rings is 1. The van der Waals surface area contributed by atoms with Crippen molar-refractivity contribution >= 4 is 5.97 Å². The summed E-state index contributed by atoms with van der Waals surface area (Å²) in [7, 11) is 0. The van der Waals surface area contributed by atoms with Crippen molar-refractivity contribution in [2.75, 3.05) is 13.2 Å². The Morgan fingerprint density at radius 3 is 2.79 bits per heavy atom. The maximum Gasteiger partial charge on any atom is 0.332 e. The molecule has 4 unspecified atom stereocenters. The van der Waals surface area contributed by atoms with Crippen molar-refractivity contribution in [1.82, 2.24) is 0 Å². The molecule has 110 valence electrons. The fourth-order valence-corrected chi connectivity index (χ4v) is 1.65. The Morgan fingerprint density at radius 1 is 1.63 bits per heavy atom. The van der Waals surface area contributed by atoms with Crippen LogP contribution >= 0.6 is 0 Å². The standard InChI is InChI=1S/C13H22O6/c1-3-5-13(19-12(16)4-2)18-11(10(15)7-14)6-9-8-17-9/h4,9-11,13-15H,2-3,5-8H2,1H3. The number of carbonyl (C=O) groups is 1. The third kappa shape index (κ3) is 6.15. The van der Waals surface area contributed by atoms with Gasteiger partial charge in [0.05, 0.1) is 25.4 Å². The van der Waals surface area contributed by atoms with Gasteiger partial charge >= 0.3 is 5.97 Å². The molecule has 1 heterocycles. The Hall–Kier alpha value is -0.950. The van der Waals surface area contributed by atoms with Crippen LogP contribution in [0.2, 0.25) is 0 Å². The first-order chi connectivity index (χ1) is 9.10. The maximum absolute atomic E-state index is 11.2. The summed E-state index contributed by atoms with van der Waals surface area (Å²) in [6.07, 6.45) is 0.458. The number of esters is 1. The summed E-state index contributed by atoms with van der Waals surface area (Å²) >= 11 is 0. The summed E-state index contributed by atoms with van der Waals surface area (Å²) in [5.41, 5.74) is 0. The minimum absolute atomic E-state index is 0.0450. The van der Waals surface area contributed by atoms with Crippen molar-refractivity contribution in [2.45, 2.75) is 50.8 Å². The lowest BCUT2D eigenvalue weighted by atomic mass is 10.1. The molecule has 0 spiro atoms. The second kappa shape index (κ2) is 8.27. The van der Waals surface area contributed by atoms with E-state index in [1.54, 1.807) is 0 Å². The molecule has 1 rings (SSSR count). The van der Waals surface area contributed by atoms with Crippen molar-refractivity contribution in [3.63, 3.8) is 0 Å². The molecule has 4 atom stereocenters. The first-order valence-corrected chi connectivity index (χ1v) is 6.49. The quantitative estimate of drug-likeness (QED) is 0.259. The summed E-state index contributed by atoms with van der Waals surface area (Å²) in [5.74, 6) is -0.571. The van der Waals surface area contributed by atoms with Crippen LogP contribution in [0.4, 0.5) is 0 Å². The van der Waals surface area contributed by atoms with E-state index in [0.29, 0.717) is 19.4 Å². The number of aliphatic hydroxyl groups excluding tert-OH is 2. The van der Waals surface area contributed by atoms with Gasteiger partial charge < -0.3 is 24.4 Å². The van der Waals surface area contributed by atoms with Gasteiger partial charge in [0, 0.05) is 18.9 Å². The zero-order valence-corrected chi connectivity index (χ0v) is 11.2. The van der Waals surface area contributed by atoms with Gasteiger partial charge in [-0.15, -0.1) is 0 Å². The summed E-state index contributed by atoms with van der Waals surface area (Å²) in [6.45, 7) is 5.47. The van der Waals surface area contributed by atoms with Crippen molar-refractivity contribution in [1.29, 1.82) is 0 Å². The van der Waals surface area contributed by atoms with Crippen molar-refractivity contribution in [3.05, 3.63) is 12.7 Å². The summed E-state index contributed by atoms with van der Waals surface area (Å²) in [4.78, 5) is 11.2. The molecule has 0 aromatic heterocycles. The zero-order valence-electron chi connectivity index (χ0n) is 11.2. The monoisotopic (exact) mass is 274 g/mol. The molecule has 0 radical (unpaired) electrons. The first kappa shape index (κ1) is 16.1. The molecule has 1 fully saturated rings. The van der Waals surface area contributed by atoms with E-state index in [1.165, 1.54) is 0 Å². The fraction of sp³-hybridized carbons (Fsp3) is 0.769. The minimum atomic E-state index is -1.02. The molecule has 19 heavy (non-hydrogen) atoms. The van der Waals surface area contributed by atoms with Crippen molar-refractivity contribution < 1.29 is 29.2 Å². The third-order valence-electron chi connectivity index (χ3n) is 2.78. The van der Waals surface area contributed by atoms with Gasteiger partial charge in [0.15, 0.2) is 0 Å². The Balaban J connectivity index is 2.54. The van der Waals surface area contributed by atoms with Gasteiger partial charge in [0.2, 0.25) is 6.29 Å². The first-order valence-electron chi connectivity index (χ1n) is 6.49. The Labute approximate surface area is 113 Å². The van der Waals surface area contributed by atoms with Crippen LogP contribution < -0.4 is 0 Å². The van der Waals surface area contributed by atoms with Gasteiger partial charge in [-0.1, -0.05) is 19.9 Å². The molecule has 6 nitrogen and oxygen atoms in total. The van der Waals surface area contributed by atoms with Crippen LogP contribution in [0.25, 0.3) is 0 Å². The second-order valence-electron chi connectivity index (χ2n) is 4.47. The molecule has 1 aliphatic heterocycles. The summed E-state index contributed by atoms with van der Waals surface area (Å²) in [6, 6.07) is 0. The second-order valence-corrected chi connectivity index (χ2v) is 4.47. The van der Waals surface area contributed by atoms with E-state index in [1.807, 2.05) is 6.92 Å². The fourth-order valence-electron chi connectivity index (χ4n) is 1.65. The predicted molar refractivity (Wildman–Crippen MR) is 67.3 cm³/mol. The summed E-state index contributed by atoms with van der Waals surface area (Å²) < 4.78 is 15.7. The smallest absolute Gasteiger partial charge is 0.332 e. The van der Waals surface area contributed by atoms with Crippen LogP contribution in [0.1, 0.15) is 26.2 Å². The number of rotatable bonds is 10. The lowest BCUT2D eigenvalue weighted by molar-refractivity contribution is -0.202. The zero-order chi connectivity index (χ0) is 14.3. The molecule has 2 N–H and O–H groups in total. The number of hydrogen-bond acceptors (Lipinski definition) is 6. The number of carbonyl (C=O) groups excluding carboxylic acids is 1. The Morgan fingerprint density at radius 2 is 2.32 bits per heavy atom. The topological polar surface area (TPSA) is 88.5 Å². The van der Waals surface area contributed by atoms with Crippen LogP contribution in [0.15, 0.2) is 12.7 Å². The van der Waals surface area contributed by atoms with Crippen molar-refractivity contribution in [3.8, 4) is 0 Å². The highest BCUT2D eigenvalue weighted by Crippen LogP contribution is 2.22. The minimum Gasteiger partial charge on any atom is -0.433 e. The Kier molecular flexibility index (Phi) is 7.01. The van der Waals surface area contributed by atoms with Crippen LogP contribution in [-0.4, -0.2) is 54.0 Å². The number of aliphatic hydroxyl groups is 2. The van der Waals surface area contributed by atoms with Gasteiger partial charge in [-0.2, -0.15) is 0 Å². The van der Waals surface area contributed by atoms with E-state index in [0.717, 1.165) is 12.5 Å². The average Bonchev–Trinajstić information content (AvgIpc) is 3.21. The van der Waals surface area contributed by atoms with Crippen molar-refractivity contribution in [2.24, 2.45) is 0 Å². The Bertz CT molecular complexity index is 289. The molecule has 1 aliphatic rings. The van der Waals surface area contributed by atoms with Gasteiger partial charge in [0.1, 0.15) is 6.10 Å². The molecule has 0 aliphatic carbocycles. The van der Waals surface area contributed by atoms with Gasteiger partial charge in [-0.3, -0.25) is 0 Å². The van der Waals surface area contributed by atoms with E-state index >= 15 is 0 Å². The number of hydrogen-bond donors (Lipinski definition) is 2. The summed E-state index contributed by atoms with van der Waals surface area (Å²) in [5, 5.41) is 18.7. The number of ether oxygens (including phenoxy) is 3. The predicted octanol–water partition coefficient (Wildman–Crippen LogP) is 0.369. The lowest BCUT2D eigenvalue weighted by Gasteiger charge is -2.26. The molecular weight excluding hydrogens is 252 g/mol. The van der Waals surface area contributed by atoms with E-state index in [9.17, 15) is 9.90 Å². The molecule has 6 heteroatoms. The molecular formula is C13H22O6. The maximum atomic E-state index is 11.2. The van der Waals surface area contributed by atoms with Gasteiger partial charge in [0.25, 0.3) is 0 Å². The highest BCUT2D eigenvalue weighted by Gasteiger charge is 2.33. The highest BCUT2D eigenvalue weighted by atomic mass is 16.7. The van der Waals surface area contributed by atoms with Crippen LogP contribution in [0, 0.1) is 0 Å². The molecule has 0 aromatic rings. The average molecular weight is 274 g/mol. The van der Waals surface area contributed by atoms with E-state index in [-0.39, 0.29) is 6.10 Å². The molecule has 1 saturated heterocycles. The highest BCUT2D eigenvalue weighted by molar-refractivity contribution is 5.81. The normalized spacial score (nSPS) is 22.4. The van der Waals surface area contributed by atoms with Gasteiger partial charge in [-0.05, 0) is 0 Å². The van der Waals surface area contributed by atoms with Crippen LogP contribution in [0.5, 0.6) is 0 Å². The van der Waals surface area contributed by atoms with E-state index in [4.69, 9.17) is 19.3 Å². The van der Waals surface area contributed by atoms with Crippen LogP contribution in [0.3, 0.4) is 0 Å². The van der Waals surface area contributed by atoms with Crippen LogP contribution in [-0.2, 0) is 19.0 Å².